The van der Waals surface area contributed by atoms with E-state index in [0.29, 0.717) is 24.4 Å². The number of benzene rings is 2. The first-order valence-electron chi connectivity index (χ1n) is 10.9. The zero-order chi connectivity index (χ0) is 22.7. The SMILES string of the molecule is CC(C)C(=O)Nc1cccc(Nc2ccc(C(=O)/N=C3\NCCC(=O)N3)cc2C2CC2)c1. The summed E-state index contributed by atoms with van der Waals surface area (Å²) < 4.78 is 0. The second kappa shape index (κ2) is 9.21. The lowest BCUT2D eigenvalue weighted by atomic mass is 10.0. The highest BCUT2D eigenvalue weighted by molar-refractivity contribution is 6.08. The van der Waals surface area contributed by atoms with Gasteiger partial charge in [0.2, 0.25) is 17.8 Å². The first kappa shape index (κ1) is 21.5. The van der Waals surface area contributed by atoms with E-state index in [1.807, 2.05) is 50.2 Å². The second-order valence-corrected chi connectivity index (χ2v) is 8.42. The normalized spacial score (nSPS) is 17.0. The summed E-state index contributed by atoms with van der Waals surface area (Å²) in [4.78, 5) is 40.2. The van der Waals surface area contributed by atoms with Crippen molar-refractivity contribution in [2.24, 2.45) is 10.9 Å². The van der Waals surface area contributed by atoms with Crippen LogP contribution >= 0.6 is 0 Å². The van der Waals surface area contributed by atoms with E-state index >= 15 is 0 Å². The predicted octanol–water partition coefficient (Wildman–Crippen LogP) is 3.51. The molecular formula is C24H27N5O3. The fourth-order valence-electron chi connectivity index (χ4n) is 3.43. The van der Waals surface area contributed by atoms with Crippen molar-refractivity contribution < 1.29 is 14.4 Å². The van der Waals surface area contributed by atoms with Gasteiger partial charge in [0.25, 0.3) is 5.91 Å². The number of nitrogens with zero attached hydrogens (tertiary/aromatic N) is 1. The van der Waals surface area contributed by atoms with Gasteiger partial charge in [-0.15, -0.1) is 0 Å². The lowest BCUT2D eigenvalue weighted by molar-refractivity contribution is -0.120. The van der Waals surface area contributed by atoms with Crippen molar-refractivity contribution in [2.75, 3.05) is 17.2 Å². The molecule has 0 radical (unpaired) electrons. The Morgan fingerprint density at radius 2 is 1.88 bits per heavy atom. The molecule has 1 heterocycles. The minimum Gasteiger partial charge on any atom is -0.355 e. The summed E-state index contributed by atoms with van der Waals surface area (Å²) in [6, 6.07) is 13.1. The van der Waals surface area contributed by atoms with E-state index in [1.54, 1.807) is 6.07 Å². The molecule has 2 aromatic rings. The van der Waals surface area contributed by atoms with Crippen molar-refractivity contribution in [1.82, 2.24) is 10.6 Å². The quantitative estimate of drug-likeness (QED) is 0.557. The molecule has 32 heavy (non-hydrogen) atoms. The Bertz CT molecular complexity index is 1090. The van der Waals surface area contributed by atoms with Crippen LogP contribution in [0.1, 0.15) is 54.9 Å². The van der Waals surface area contributed by atoms with Gasteiger partial charge in [0.1, 0.15) is 0 Å². The molecule has 8 nitrogen and oxygen atoms in total. The van der Waals surface area contributed by atoms with Crippen molar-refractivity contribution in [1.29, 1.82) is 0 Å². The summed E-state index contributed by atoms with van der Waals surface area (Å²) in [5, 5.41) is 11.8. The average molecular weight is 434 g/mol. The topological polar surface area (TPSA) is 112 Å². The summed E-state index contributed by atoms with van der Waals surface area (Å²) in [5.74, 6) is -0.0920. The van der Waals surface area contributed by atoms with Crippen molar-refractivity contribution in [3.63, 3.8) is 0 Å². The van der Waals surface area contributed by atoms with E-state index in [0.717, 1.165) is 35.5 Å². The average Bonchev–Trinajstić information content (AvgIpc) is 3.59. The molecule has 3 amide bonds. The van der Waals surface area contributed by atoms with Gasteiger partial charge in [-0.2, -0.15) is 4.99 Å². The molecule has 0 spiro atoms. The van der Waals surface area contributed by atoms with Crippen LogP contribution in [0.15, 0.2) is 47.5 Å². The van der Waals surface area contributed by atoms with Crippen molar-refractivity contribution in [3.05, 3.63) is 53.6 Å². The van der Waals surface area contributed by atoms with Crippen LogP contribution in [0.4, 0.5) is 17.1 Å². The predicted molar refractivity (Wildman–Crippen MR) is 124 cm³/mol. The Hall–Kier alpha value is -3.68. The summed E-state index contributed by atoms with van der Waals surface area (Å²) in [6.07, 6.45) is 2.51. The molecule has 2 aromatic carbocycles. The summed E-state index contributed by atoms with van der Waals surface area (Å²) in [7, 11) is 0. The first-order valence-corrected chi connectivity index (χ1v) is 10.9. The zero-order valence-electron chi connectivity index (χ0n) is 18.2. The maximum atomic E-state index is 12.6. The summed E-state index contributed by atoms with van der Waals surface area (Å²) in [6.45, 7) is 4.17. The van der Waals surface area contributed by atoms with Crippen LogP contribution in [0.2, 0.25) is 0 Å². The Morgan fingerprint density at radius 1 is 1.09 bits per heavy atom. The summed E-state index contributed by atoms with van der Waals surface area (Å²) >= 11 is 0. The third kappa shape index (κ3) is 5.32. The lowest BCUT2D eigenvalue weighted by Crippen LogP contribution is -2.48. The van der Waals surface area contributed by atoms with Crippen molar-refractivity contribution >= 4 is 40.7 Å². The molecule has 166 valence electrons. The standard InChI is InChI=1S/C24H27N5O3/c1-14(2)22(31)27-18-5-3-4-17(13-18)26-20-9-8-16(12-19(20)15-6-7-15)23(32)29-24-25-11-10-21(30)28-24/h3-5,8-9,12-15,26H,6-7,10-11H2,1-2H3,(H,27,31)(H2,25,28,29,30,32). The Kier molecular flexibility index (Phi) is 6.20. The van der Waals surface area contributed by atoms with Gasteiger partial charge in [0, 0.05) is 41.5 Å². The van der Waals surface area contributed by atoms with Gasteiger partial charge in [-0.05, 0) is 60.7 Å². The highest BCUT2D eigenvalue weighted by Crippen LogP contribution is 2.44. The van der Waals surface area contributed by atoms with E-state index in [-0.39, 0.29) is 23.7 Å². The van der Waals surface area contributed by atoms with Crippen LogP contribution in [-0.4, -0.2) is 30.2 Å². The van der Waals surface area contributed by atoms with E-state index in [2.05, 4.69) is 26.3 Å². The van der Waals surface area contributed by atoms with Crippen LogP contribution in [0.3, 0.4) is 0 Å². The second-order valence-electron chi connectivity index (χ2n) is 8.42. The van der Waals surface area contributed by atoms with Crippen LogP contribution in [-0.2, 0) is 9.59 Å². The fraction of sp³-hybridized carbons (Fsp3) is 0.333. The largest absolute Gasteiger partial charge is 0.355 e. The van der Waals surface area contributed by atoms with E-state index in [4.69, 9.17) is 0 Å². The Balaban J connectivity index is 1.53. The number of anilines is 3. The Morgan fingerprint density at radius 3 is 2.59 bits per heavy atom. The Labute approximate surface area is 186 Å². The number of hydrogen-bond acceptors (Lipinski definition) is 4. The first-order chi connectivity index (χ1) is 15.4. The lowest BCUT2D eigenvalue weighted by Gasteiger charge is -2.16. The maximum absolute atomic E-state index is 12.6. The van der Waals surface area contributed by atoms with Crippen molar-refractivity contribution in [2.45, 2.75) is 39.0 Å². The monoisotopic (exact) mass is 433 g/mol. The number of guanidine groups is 1. The molecule has 2 aliphatic rings. The molecule has 4 rings (SSSR count). The van der Waals surface area contributed by atoms with Gasteiger partial charge in [0.15, 0.2) is 0 Å². The number of nitrogens with one attached hydrogen (secondary N) is 4. The number of amides is 3. The molecule has 2 fully saturated rings. The maximum Gasteiger partial charge on any atom is 0.280 e. The third-order valence-corrected chi connectivity index (χ3v) is 5.36. The molecule has 1 saturated carbocycles. The van der Waals surface area contributed by atoms with E-state index in [9.17, 15) is 14.4 Å². The van der Waals surface area contributed by atoms with Gasteiger partial charge in [-0.25, -0.2) is 0 Å². The van der Waals surface area contributed by atoms with Crippen molar-refractivity contribution in [3.8, 4) is 0 Å². The highest BCUT2D eigenvalue weighted by atomic mass is 16.2. The fourth-order valence-corrected chi connectivity index (χ4v) is 3.43. The minimum absolute atomic E-state index is 0.0334. The number of hydrogen-bond donors (Lipinski definition) is 4. The minimum atomic E-state index is -0.401. The molecule has 0 unspecified atom stereocenters. The van der Waals surface area contributed by atoms with Crippen LogP contribution in [0.5, 0.6) is 0 Å². The highest BCUT2D eigenvalue weighted by Gasteiger charge is 2.27. The number of rotatable bonds is 6. The van der Waals surface area contributed by atoms with E-state index in [1.165, 1.54) is 0 Å². The van der Waals surface area contributed by atoms with Gasteiger partial charge in [-0.1, -0.05) is 19.9 Å². The molecule has 8 heteroatoms. The van der Waals surface area contributed by atoms with E-state index < -0.39 is 5.91 Å². The van der Waals surface area contributed by atoms with Gasteiger partial charge in [-0.3, -0.25) is 19.7 Å². The molecule has 0 atom stereocenters. The van der Waals surface area contributed by atoms with Gasteiger partial charge < -0.3 is 16.0 Å². The smallest absolute Gasteiger partial charge is 0.280 e. The third-order valence-electron chi connectivity index (χ3n) is 5.36. The van der Waals surface area contributed by atoms with Crippen LogP contribution in [0, 0.1) is 5.92 Å². The molecule has 1 saturated heterocycles. The summed E-state index contributed by atoms with van der Waals surface area (Å²) in [5.41, 5.74) is 4.04. The van der Waals surface area contributed by atoms with Crippen LogP contribution < -0.4 is 21.3 Å². The zero-order valence-corrected chi connectivity index (χ0v) is 18.2. The molecule has 0 bridgehead atoms. The number of carbonyl (C=O) groups is 3. The molecule has 1 aliphatic carbocycles. The molecule has 4 N–H and O–H groups in total. The molecule has 0 aromatic heterocycles. The van der Waals surface area contributed by atoms with Gasteiger partial charge in [0.05, 0.1) is 0 Å². The number of aliphatic imine (C=N–C) groups is 1. The van der Waals surface area contributed by atoms with Gasteiger partial charge >= 0.3 is 0 Å². The number of carbonyl (C=O) groups excluding carboxylic acids is 3. The molecular weight excluding hydrogens is 406 g/mol. The van der Waals surface area contributed by atoms with Crippen LogP contribution in [0.25, 0.3) is 0 Å². The molecule has 1 aliphatic heterocycles.